The molecule has 1 N–H and O–H groups in total. The van der Waals surface area contributed by atoms with Gasteiger partial charge in [0.15, 0.2) is 0 Å². The Morgan fingerprint density at radius 2 is 1.48 bits per heavy atom. The predicted octanol–water partition coefficient (Wildman–Crippen LogP) is 2.62. The lowest BCUT2D eigenvalue weighted by Gasteiger charge is -2.31. The number of rotatable bonds is 6. The van der Waals surface area contributed by atoms with E-state index in [0.29, 0.717) is 24.2 Å². The molecule has 2 saturated heterocycles. The summed E-state index contributed by atoms with van der Waals surface area (Å²) in [5.74, 6) is -0.251. The van der Waals surface area contributed by atoms with Gasteiger partial charge in [-0.3, -0.25) is 4.79 Å². The number of amides is 1. The molecule has 31 heavy (non-hydrogen) atoms. The van der Waals surface area contributed by atoms with E-state index < -0.39 is 10.0 Å². The van der Waals surface area contributed by atoms with Crippen LogP contribution in [0.1, 0.15) is 28.8 Å². The number of sulfonamides is 1. The van der Waals surface area contributed by atoms with Gasteiger partial charge in [-0.25, -0.2) is 8.42 Å². The molecule has 0 saturated carbocycles. The maximum absolute atomic E-state index is 12.7. The zero-order valence-corrected chi connectivity index (χ0v) is 18.8. The highest BCUT2D eigenvalue weighted by molar-refractivity contribution is 7.88. The first-order valence-corrected chi connectivity index (χ1v) is 12.4. The molecule has 2 aliphatic heterocycles. The highest BCUT2D eigenvalue weighted by Gasteiger charge is 2.25. The number of piperazine rings is 1. The van der Waals surface area contributed by atoms with Gasteiger partial charge in [0.1, 0.15) is 0 Å². The second-order valence-corrected chi connectivity index (χ2v) is 10.3. The average Bonchev–Trinajstić information content (AvgIpc) is 3.30. The smallest absolute Gasteiger partial charge is 0.255 e. The quantitative estimate of drug-likeness (QED) is 0.745. The Balaban J connectivity index is 1.34. The van der Waals surface area contributed by atoms with Crippen LogP contribution in [0.5, 0.6) is 0 Å². The lowest BCUT2D eigenvalue weighted by atomic mass is 10.1. The SMILES string of the molecule is CN1CCN(S(=O)(=O)Cc2ccc(C(=O)Nc3ccc(N4CCCC4)cc3)cc2)CC1. The molecule has 166 valence electrons. The van der Waals surface area contributed by atoms with E-state index in [4.69, 9.17) is 0 Å². The third-order valence-electron chi connectivity index (χ3n) is 6.02. The topological polar surface area (TPSA) is 73.0 Å². The molecule has 0 atom stereocenters. The standard InChI is InChI=1S/C23H30N4O3S/c1-25-14-16-27(17-15-25)31(29,30)18-19-4-6-20(7-5-19)23(28)24-21-8-10-22(11-9-21)26-12-2-3-13-26/h4-11H,2-3,12-18H2,1H3,(H,24,28). The first-order chi connectivity index (χ1) is 14.9. The van der Waals surface area contributed by atoms with Crippen LogP contribution in [0.15, 0.2) is 48.5 Å². The van der Waals surface area contributed by atoms with Crippen molar-refractivity contribution in [1.82, 2.24) is 9.21 Å². The summed E-state index contributed by atoms with van der Waals surface area (Å²) < 4.78 is 26.9. The lowest BCUT2D eigenvalue weighted by Crippen LogP contribution is -2.47. The van der Waals surface area contributed by atoms with Crippen molar-refractivity contribution in [3.63, 3.8) is 0 Å². The molecule has 0 spiro atoms. The van der Waals surface area contributed by atoms with E-state index in [0.717, 1.165) is 31.9 Å². The van der Waals surface area contributed by atoms with Gasteiger partial charge in [0.25, 0.3) is 5.91 Å². The fourth-order valence-corrected chi connectivity index (χ4v) is 5.57. The summed E-state index contributed by atoms with van der Waals surface area (Å²) in [4.78, 5) is 17.0. The number of carbonyl (C=O) groups excluding carboxylic acids is 1. The highest BCUT2D eigenvalue weighted by atomic mass is 32.2. The number of nitrogens with one attached hydrogen (secondary N) is 1. The van der Waals surface area contributed by atoms with Crippen molar-refractivity contribution in [3.8, 4) is 0 Å². The second kappa shape index (κ2) is 9.38. The summed E-state index contributed by atoms with van der Waals surface area (Å²) in [5.41, 5.74) is 3.12. The predicted molar refractivity (Wildman–Crippen MR) is 124 cm³/mol. The van der Waals surface area contributed by atoms with Crippen LogP contribution in [-0.4, -0.2) is 69.8 Å². The van der Waals surface area contributed by atoms with Crippen molar-refractivity contribution in [2.24, 2.45) is 0 Å². The Morgan fingerprint density at radius 3 is 2.10 bits per heavy atom. The molecule has 0 radical (unpaired) electrons. The Hall–Kier alpha value is -2.42. The van der Waals surface area contributed by atoms with E-state index >= 15 is 0 Å². The van der Waals surface area contributed by atoms with Crippen LogP contribution in [0.3, 0.4) is 0 Å². The first-order valence-electron chi connectivity index (χ1n) is 10.8. The van der Waals surface area contributed by atoms with Gasteiger partial charge in [-0.15, -0.1) is 0 Å². The van der Waals surface area contributed by atoms with E-state index in [1.807, 2.05) is 31.3 Å². The number of likely N-dealkylation sites (N-methyl/N-ethyl adjacent to an activating group) is 1. The van der Waals surface area contributed by atoms with Gasteiger partial charge in [-0.05, 0) is 61.9 Å². The number of hydrogen-bond donors (Lipinski definition) is 1. The Kier molecular flexibility index (Phi) is 6.60. The molecule has 2 aromatic rings. The van der Waals surface area contributed by atoms with E-state index in [2.05, 4.69) is 15.1 Å². The molecule has 7 nitrogen and oxygen atoms in total. The van der Waals surface area contributed by atoms with Crippen LogP contribution >= 0.6 is 0 Å². The summed E-state index contributed by atoms with van der Waals surface area (Å²) in [6.07, 6.45) is 2.45. The summed E-state index contributed by atoms with van der Waals surface area (Å²) in [6, 6.07) is 14.7. The van der Waals surface area contributed by atoms with Crippen molar-refractivity contribution >= 4 is 27.3 Å². The fraction of sp³-hybridized carbons (Fsp3) is 0.435. The molecule has 4 rings (SSSR count). The van der Waals surface area contributed by atoms with Crippen molar-refractivity contribution in [2.75, 3.05) is 56.5 Å². The average molecular weight is 443 g/mol. The minimum absolute atomic E-state index is 0.0451. The first kappa shape index (κ1) is 21.8. The molecular weight excluding hydrogens is 412 g/mol. The highest BCUT2D eigenvalue weighted by Crippen LogP contribution is 2.22. The maximum Gasteiger partial charge on any atom is 0.255 e. The molecule has 2 aliphatic rings. The number of benzene rings is 2. The van der Waals surface area contributed by atoms with Gasteiger partial charge in [-0.2, -0.15) is 4.31 Å². The third-order valence-corrected chi connectivity index (χ3v) is 7.87. The fourth-order valence-electron chi connectivity index (χ4n) is 4.05. The number of carbonyl (C=O) groups is 1. The Bertz CT molecular complexity index is 992. The van der Waals surface area contributed by atoms with Crippen molar-refractivity contribution < 1.29 is 13.2 Å². The summed E-state index contributed by atoms with van der Waals surface area (Å²) >= 11 is 0. The van der Waals surface area contributed by atoms with E-state index in [1.165, 1.54) is 18.5 Å². The minimum Gasteiger partial charge on any atom is -0.372 e. The van der Waals surface area contributed by atoms with Crippen molar-refractivity contribution in [2.45, 2.75) is 18.6 Å². The van der Waals surface area contributed by atoms with Gasteiger partial charge >= 0.3 is 0 Å². The van der Waals surface area contributed by atoms with E-state index in [9.17, 15) is 13.2 Å². The van der Waals surface area contributed by atoms with Crippen molar-refractivity contribution in [3.05, 3.63) is 59.7 Å². The third kappa shape index (κ3) is 5.44. The number of hydrogen-bond acceptors (Lipinski definition) is 5. The van der Waals surface area contributed by atoms with Gasteiger partial charge in [0.2, 0.25) is 10.0 Å². The monoisotopic (exact) mass is 442 g/mol. The molecular formula is C23H30N4O3S. The van der Waals surface area contributed by atoms with Crippen molar-refractivity contribution in [1.29, 1.82) is 0 Å². The second-order valence-electron chi connectivity index (χ2n) is 8.35. The van der Waals surface area contributed by atoms with Gasteiger partial charge in [0.05, 0.1) is 5.75 Å². The Morgan fingerprint density at radius 1 is 0.871 bits per heavy atom. The molecule has 2 heterocycles. The number of nitrogens with zero attached hydrogens (tertiary/aromatic N) is 3. The van der Waals surface area contributed by atoms with Gasteiger partial charge < -0.3 is 15.1 Å². The Labute approximate surface area is 184 Å². The van der Waals surface area contributed by atoms with Crippen LogP contribution in [0.25, 0.3) is 0 Å². The van der Waals surface area contributed by atoms with Gasteiger partial charge in [-0.1, -0.05) is 12.1 Å². The minimum atomic E-state index is -3.35. The number of anilines is 2. The van der Waals surface area contributed by atoms with Crippen LogP contribution in [0.2, 0.25) is 0 Å². The summed E-state index contributed by atoms with van der Waals surface area (Å²) in [6.45, 7) is 4.71. The molecule has 1 amide bonds. The normalized spacial score (nSPS) is 18.3. The zero-order valence-electron chi connectivity index (χ0n) is 18.0. The zero-order chi connectivity index (χ0) is 21.8. The van der Waals surface area contributed by atoms with Crippen LogP contribution in [0.4, 0.5) is 11.4 Å². The maximum atomic E-state index is 12.7. The van der Waals surface area contributed by atoms with Crippen LogP contribution in [-0.2, 0) is 15.8 Å². The van der Waals surface area contributed by atoms with E-state index in [1.54, 1.807) is 28.6 Å². The molecule has 0 aromatic heterocycles. The molecule has 0 unspecified atom stereocenters. The van der Waals surface area contributed by atoms with E-state index in [-0.39, 0.29) is 11.7 Å². The summed E-state index contributed by atoms with van der Waals surface area (Å²) in [5, 5.41) is 2.91. The van der Waals surface area contributed by atoms with Crippen LogP contribution < -0.4 is 10.2 Å². The summed E-state index contributed by atoms with van der Waals surface area (Å²) in [7, 11) is -1.35. The molecule has 2 fully saturated rings. The van der Waals surface area contributed by atoms with Gasteiger partial charge in [0, 0.05) is 56.2 Å². The molecule has 0 bridgehead atoms. The molecule has 8 heteroatoms. The lowest BCUT2D eigenvalue weighted by molar-refractivity contribution is 0.102. The largest absolute Gasteiger partial charge is 0.372 e. The molecule has 0 aliphatic carbocycles. The molecule has 2 aromatic carbocycles. The van der Waals surface area contributed by atoms with Crippen LogP contribution in [0, 0.1) is 0 Å².